The van der Waals surface area contributed by atoms with Gasteiger partial charge in [0.05, 0.1) is 11.3 Å². The Hall–Kier alpha value is -0.640. The first kappa shape index (κ1) is 9.90. The maximum atomic E-state index is 11.9. The standard InChI is InChI=1S/C8H13N3O2S/c9-5-7-6-10-3-4-11(7)14(12,13)8-1-2-8/h7-8,10H,1-4,6H2. The Kier molecular flexibility index (Phi) is 2.47. The highest BCUT2D eigenvalue weighted by molar-refractivity contribution is 7.90. The van der Waals surface area contributed by atoms with Gasteiger partial charge in [-0.25, -0.2) is 8.42 Å². The predicted molar refractivity (Wildman–Crippen MR) is 50.9 cm³/mol. The van der Waals surface area contributed by atoms with Crippen molar-refractivity contribution in [3.63, 3.8) is 0 Å². The molecule has 14 heavy (non-hydrogen) atoms. The third-order valence-electron chi connectivity index (χ3n) is 2.62. The van der Waals surface area contributed by atoms with E-state index >= 15 is 0 Å². The zero-order valence-corrected chi connectivity index (χ0v) is 8.63. The van der Waals surface area contributed by atoms with Crippen molar-refractivity contribution < 1.29 is 8.42 Å². The first-order valence-corrected chi connectivity index (χ1v) is 6.27. The smallest absolute Gasteiger partial charge is 0.218 e. The highest BCUT2D eigenvalue weighted by Gasteiger charge is 2.43. The number of hydrogen-bond donors (Lipinski definition) is 1. The molecule has 0 amide bonds. The highest BCUT2D eigenvalue weighted by Crippen LogP contribution is 2.32. The van der Waals surface area contributed by atoms with Crippen LogP contribution in [0.1, 0.15) is 12.8 Å². The molecular formula is C8H13N3O2S. The molecule has 0 radical (unpaired) electrons. The topological polar surface area (TPSA) is 73.2 Å². The summed E-state index contributed by atoms with van der Waals surface area (Å²) in [4.78, 5) is 0. The molecule has 1 atom stereocenters. The minimum atomic E-state index is -3.18. The molecule has 1 aliphatic carbocycles. The van der Waals surface area contributed by atoms with E-state index < -0.39 is 16.1 Å². The van der Waals surface area contributed by atoms with Crippen LogP contribution in [0.15, 0.2) is 0 Å². The molecule has 0 aromatic rings. The Bertz CT molecular complexity index is 355. The number of hydrogen-bond acceptors (Lipinski definition) is 4. The summed E-state index contributed by atoms with van der Waals surface area (Å²) in [7, 11) is -3.18. The van der Waals surface area contributed by atoms with E-state index in [0.717, 1.165) is 12.8 Å². The zero-order valence-electron chi connectivity index (χ0n) is 7.81. The largest absolute Gasteiger partial charge is 0.313 e. The van der Waals surface area contributed by atoms with Crippen LogP contribution in [0.4, 0.5) is 0 Å². The van der Waals surface area contributed by atoms with E-state index in [2.05, 4.69) is 5.32 Å². The highest BCUT2D eigenvalue weighted by atomic mass is 32.2. The van der Waals surface area contributed by atoms with Crippen LogP contribution < -0.4 is 5.32 Å². The van der Waals surface area contributed by atoms with Gasteiger partial charge in [-0.3, -0.25) is 0 Å². The van der Waals surface area contributed by atoms with Gasteiger partial charge in [0.15, 0.2) is 0 Å². The summed E-state index contributed by atoms with van der Waals surface area (Å²) < 4.78 is 25.1. The van der Waals surface area contributed by atoms with Gasteiger partial charge < -0.3 is 5.32 Å². The molecule has 1 N–H and O–H groups in total. The third kappa shape index (κ3) is 1.63. The molecular weight excluding hydrogens is 202 g/mol. The SMILES string of the molecule is N#CC1CNCCN1S(=O)(=O)C1CC1. The molecule has 1 unspecified atom stereocenters. The summed E-state index contributed by atoms with van der Waals surface area (Å²) in [5, 5.41) is 11.6. The molecule has 1 saturated heterocycles. The number of nitrogens with zero attached hydrogens (tertiary/aromatic N) is 2. The quantitative estimate of drug-likeness (QED) is 0.659. The number of sulfonamides is 1. The Morgan fingerprint density at radius 3 is 2.71 bits per heavy atom. The fraction of sp³-hybridized carbons (Fsp3) is 0.875. The summed E-state index contributed by atoms with van der Waals surface area (Å²) in [5.74, 6) is 0. The number of nitriles is 1. The van der Waals surface area contributed by atoms with Gasteiger partial charge in [-0.1, -0.05) is 0 Å². The average molecular weight is 215 g/mol. The van der Waals surface area contributed by atoms with Crippen LogP contribution in [0, 0.1) is 11.3 Å². The molecule has 6 heteroatoms. The van der Waals surface area contributed by atoms with E-state index in [0.29, 0.717) is 19.6 Å². The van der Waals surface area contributed by atoms with Crippen molar-refractivity contribution in [1.82, 2.24) is 9.62 Å². The van der Waals surface area contributed by atoms with Crippen LogP contribution in [0.3, 0.4) is 0 Å². The lowest BCUT2D eigenvalue weighted by Gasteiger charge is -2.30. The number of piperazine rings is 1. The second kappa shape index (κ2) is 3.50. The van der Waals surface area contributed by atoms with Crippen LogP contribution in [0.5, 0.6) is 0 Å². The maximum Gasteiger partial charge on any atom is 0.218 e. The van der Waals surface area contributed by atoms with Crippen molar-refractivity contribution in [3.05, 3.63) is 0 Å². The third-order valence-corrected chi connectivity index (χ3v) is 5.02. The lowest BCUT2D eigenvalue weighted by atomic mass is 10.3. The van der Waals surface area contributed by atoms with Crippen molar-refractivity contribution >= 4 is 10.0 Å². The van der Waals surface area contributed by atoms with Gasteiger partial charge in [0, 0.05) is 19.6 Å². The second-order valence-corrected chi connectivity index (χ2v) is 5.87. The first-order chi connectivity index (χ1) is 6.66. The molecule has 78 valence electrons. The Morgan fingerprint density at radius 1 is 1.43 bits per heavy atom. The molecule has 1 saturated carbocycles. The number of nitrogens with one attached hydrogen (secondary N) is 1. The molecule has 1 heterocycles. The van der Waals surface area contributed by atoms with Gasteiger partial charge in [0.25, 0.3) is 0 Å². The summed E-state index contributed by atoms with van der Waals surface area (Å²) in [6.45, 7) is 1.52. The Labute approximate surface area is 83.7 Å². The van der Waals surface area contributed by atoms with E-state index in [-0.39, 0.29) is 5.25 Å². The van der Waals surface area contributed by atoms with E-state index in [9.17, 15) is 8.42 Å². The van der Waals surface area contributed by atoms with Gasteiger partial charge >= 0.3 is 0 Å². The lowest BCUT2D eigenvalue weighted by molar-refractivity contribution is 0.311. The van der Waals surface area contributed by atoms with Crippen LogP contribution in [0.2, 0.25) is 0 Å². The summed E-state index contributed by atoms with van der Waals surface area (Å²) in [6, 6.07) is 1.51. The van der Waals surface area contributed by atoms with E-state index in [1.807, 2.05) is 6.07 Å². The predicted octanol–water partition coefficient (Wildman–Crippen LogP) is -0.724. The van der Waals surface area contributed by atoms with Crippen molar-refractivity contribution in [1.29, 1.82) is 5.26 Å². The summed E-state index contributed by atoms with van der Waals surface area (Å²) in [5.41, 5.74) is 0. The summed E-state index contributed by atoms with van der Waals surface area (Å²) in [6.07, 6.45) is 1.51. The second-order valence-electron chi connectivity index (χ2n) is 3.70. The molecule has 2 rings (SSSR count). The Balaban J connectivity index is 2.18. The minimum Gasteiger partial charge on any atom is -0.313 e. The van der Waals surface area contributed by atoms with E-state index in [1.165, 1.54) is 4.31 Å². The van der Waals surface area contributed by atoms with Crippen LogP contribution >= 0.6 is 0 Å². The molecule has 2 aliphatic rings. The molecule has 2 fully saturated rings. The zero-order chi connectivity index (χ0) is 10.2. The van der Waals surface area contributed by atoms with Gasteiger partial charge in [0.1, 0.15) is 6.04 Å². The lowest BCUT2D eigenvalue weighted by Crippen LogP contribution is -2.53. The van der Waals surface area contributed by atoms with Crippen molar-refractivity contribution in [2.24, 2.45) is 0 Å². The van der Waals surface area contributed by atoms with Crippen molar-refractivity contribution in [2.45, 2.75) is 24.1 Å². The van der Waals surface area contributed by atoms with Gasteiger partial charge in [0.2, 0.25) is 10.0 Å². The first-order valence-electron chi connectivity index (χ1n) is 4.77. The molecule has 5 nitrogen and oxygen atoms in total. The molecule has 0 spiro atoms. The van der Waals surface area contributed by atoms with Crippen molar-refractivity contribution in [2.75, 3.05) is 19.6 Å². The molecule has 0 bridgehead atoms. The molecule has 1 aliphatic heterocycles. The monoisotopic (exact) mass is 215 g/mol. The normalized spacial score (nSPS) is 29.8. The van der Waals surface area contributed by atoms with Gasteiger partial charge in [-0.15, -0.1) is 0 Å². The Morgan fingerprint density at radius 2 is 2.14 bits per heavy atom. The minimum absolute atomic E-state index is 0.212. The van der Waals surface area contributed by atoms with E-state index in [1.54, 1.807) is 0 Å². The average Bonchev–Trinajstić information content (AvgIpc) is 3.01. The fourth-order valence-electron chi connectivity index (χ4n) is 1.66. The molecule has 0 aromatic carbocycles. The van der Waals surface area contributed by atoms with Crippen LogP contribution in [-0.4, -0.2) is 43.6 Å². The van der Waals surface area contributed by atoms with Gasteiger partial charge in [-0.2, -0.15) is 9.57 Å². The van der Waals surface area contributed by atoms with Gasteiger partial charge in [-0.05, 0) is 12.8 Å². The van der Waals surface area contributed by atoms with Crippen LogP contribution in [0.25, 0.3) is 0 Å². The van der Waals surface area contributed by atoms with Crippen molar-refractivity contribution in [3.8, 4) is 6.07 Å². The maximum absolute atomic E-state index is 11.9. The summed E-state index contributed by atoms with van der Waals surface area (Å²) >= 11 is 0. The fourth-order valence-corrected chi connectivity index (χ4v) is 3.59. The van der Waals surface area contributed by atoms with E-state index in [4.69, 9.17) is 5.26 Å². The van der Waals surface area contributed by atoms with Crippen LogP contribution in [-0.2, 0) is 10.0 Å². The molecule has 0 aromatic heterocycles. The number of rotatable bonds is 2.